The van der Waals surface area contributed by atoms with Crippen molar-refractivity contribution in [3.63, 3.8) is 0 Å². The maximum absolute atomic E-state index is 3.98. The number of hydrogen-bond donors (Lipinski definition) is 0. The van der Waals surface area contributed by atoms with Gasteiger partial charge in [0.25, 0.3) is 0 Å². The molecular weight excluding hydrogens is 170 g/mol. The minimum atomic E-state index is 1.06. The van der Waals surface area contributed by atoms with E-state index in [-0.39, 0.29) is 0 Å². The predicted molar refractivity (Wildman–Crippen MR) is 61.8 cm³/mol. The van der Waals surface area contributed by atoms with Crippen LogP contribution in [0.15, 0.2) is 54.9 Å². The van der Waals surface area contributed by atoms with Gasteiger partial charge in [-0.3, -0.25) is 4.98 Å². The molecule has 72 valence electrons. The number of rotatable bonds is 3. The van der Waals surface area contributed by atoms with Gasteiger partial charge in [-0.15, -0.1) is 0 Å². The van der Waals surface area contributed by atoms with Crippen LogP contribution in [-0.4, -0.2) is 4.98 Å². The Hall–Kier alpha value is -1.63. The number of aromatic nitrogens is 1. The van der Waals surface area contributed by atoms with Crippen molar-refractivity contribution in [2.45, 2.75) is 13.8 Å². The molecule has 0 saturated carbocycles. The Morgan fingerprint density at radius 1 is 1.29 bits per heavy atom. The van der Waals surface area contributed by atoms with Crippen molar-refractivity contribution in [2.24, 2.45) is 0 Å². The Balaban J connectivity index is 2.75. The highest BCUT2D eigenvalue weighted by Gasteiger charge is 1.90. The Labute approximate surface area is 85.5 Å². The Kier molecular flexibility index (Phi) is 3.86. The first-order valence-electron chi connectivity index (χ1n) is 4.61. The van der Waals surface area contributed by atoms with Crippen LogP contribution < -0.4 is 0 Å². The summed E-state index contributed by atoms with van der Waals surface area (Å²) >= 11 is 0. The lowest BCUT2D eigenvalue weighted by atomic mass is 10.1. The molecule has 0 amide bonds. The van der Waals surface area contributed by atoms with Crippen molar-refractivity contribution in [1.82, 2.24) is 4.98 Å². The number of allylic oxidation sites excluding steroid dienone is 5. The van der Waals surface area contributed by atoms with Crippen LogP contribution in [0, 0.1) is 0 Å². The summed E-state index contributed by atoms with van der Waals surface area (Å²) < 4.78 is 0. The zero-order valence-electron chi connectivity index (χ0n) is 8.70. The zero-order valence-corrected chi connectivity index (χ0v) is 8.70. The normalized spacial score (nSPS) is 12.0. The van der Waals surface area contributed by atoms with Gasteiger partial charge in [-0.2, -0.15) is 0 Å². The van der Waals surface area contributed by atoms with Gasteiger partial charge in [0.2, 0.25) is 0 Å². The molecule has 0 radical (unpaired) electrons. The van der Waals surface area contributed by atoms with Crippen LogP contribution in [-0.2, 0) is 0 Å². The predicted octanol–water partition coefficient (Wildman–Crippen LogP) is 3.62. The van der Waals surface area contributed by atoms with Crippen LogP contribution in [0.25, 0.3) is 5.57 Å². The van der Waals surface area contributed by atoms with Crippen molar-refractivity contribution in [3.05, 3.63) is 60.5 Å². The highest BCUT2D eigenvalue weighted by molar-refractivity contribution is 5.64. The standard InChI is InChI=1S/C13H15N/c1-11(2)5-4-6-12(3)13-7-9-14-10-8-13/h4-10H,1H2,2-3H3/b5-4-,12-6+. The second-order valence-corrected chi connectivity index (χ2v) is 3.29. The van der Waals surface area contributed by atoms with Crippen LogP contribution in [0.1, 0.15) is 19.4 Å². The molecule has 0 saturated heterocycles. The van der Waals surface area contributed by atoms with Crippen LogP contribution in [0.4, 0.5) is 0 Å². The fourth-order valence-corrected chi connectivity index (χ4v) is 1.07. The molecule has 1 aromatic heterocycles. The van der Waals surface area contributed by atoms with E-state index in [0.29, 0.717) is 0 Å². The van der Waals surface area contributed by atoms with Crippen molar-refractivity contribution >= 4 is 5.57 Å². The van der Waals surface area contributed by atoms with E-state index in [4.69, 9.17) is 0 Å². The van der Waals surface area contributed by atoms with Gasteiger partial charge in [0.15, 0.2) is 0 Å². The molecule has 0 aliphatic rings. The molecule has 1 aromatic rings. The van der Waals surface area contributed by atoms with Gasteiger partial charge in [-0.05, 0) is 37.1 Å². The SMILES string of the molecule is C=C(C)/C=C\C=C(/C)c1ccncc1. The van der Waals surface area contributed by atoms with E-state index in [2.05, 4.69) is 24.6 Å². The van der Waals surface area contributed by atoms with Crippen molar-refractivity contribution in [1.29, 1.82) is 0 Å². The molecule has 1 rings (SSSR count). The smallest absolute Gasteiger partial charge is 0.0273 e. The van der Waals surface area contributed by atoms with Crippen molar-refractivity contribution in [2.75, 3.05) is 0 Å². The number of hydrogen-bond acceptors (Lipinski definition) is 1. The summed E-state index contributed by atoms with van der Waals surface area (Å²) in [7, 11) is 0. The van der Waals surface area contributed by atoms with Gasteiger partial charge in [-0.1, -0.05) is 30.4 Å². The molecular formula is C13H15N. The highest BCUT2D eigenvalue weighted by atomic mass is 14.6. The lowest BCUT2D eigenvalue weighted by molar-refractivity contribution is 1.31. The third-order valence-electron chi connectivity index (χ3n) is 1.86. The van der Waals surface area contributed by atoms with Crippen LogP contribution in [0.5, 0.6) is 0 Å². The van der Waals surface area contributed by atoms with E-state index in [0.717, 1.165) is 5.57 Å². The third kappa shape index (κ3) is 3.40. The summed E-state index contributed by atoms with van der Waals surface area (Å²) in [5.41, 5.74) is 3.49. The lowest BCUT2D eigenvalue weighted by Gasteiger charge is -1.97. The molecule has 0 unspecified atom stereocenters. The molecule has 0 aromatic carbocycles. The molecule has 0 bridgehead atoms. The fourth-order valence-electron chi connectivity index (χ4n) is 1.07. The van der Waals surface area contributed by atoms with Crippen LogP contribution >= 0.6 is 0 Å². The van der Waals surface area contributed by atoms with Gasteiger partial charge < -0.3 is 0 Å². The molecule has 0 aliphatic heterocycles. The summed E-state index contributed by atoms with van der Waals surface area (Å²) in [6.07, 6.45) is 9.68. The van der Waals surface area contributed by atoms with E-state index in [9.17, 15) is 0 Å². The largest absolute Gasteiger partial charge is 0.265 e. The Bertz CT molecular complexity index is 358. The molecule has 0 N–H and O–H groups in total. The summed E-state index contributed by atoms with van der Waals surface area (Å²) in [5, 5.41) is 0. The van der Waals surface area contributed by atoms with Gasteiger partial charge in [0.1, 0.15) is 0 Å². The van der Waals surface area contributed by atoms with Crippen LogP contribution in [0.2, 0.25) is 0 Å². The maximum Gasteiger partial charge on any atom is 0.0273 e. The molecule has 0 spiro atoms. The molecule has 0 fully saturated rings. The van der Waals surface area contributed by atoms with E-state index < -0.39 is 0 Å². The second kappa shape index (κ2) is 5.18. The second-order valence-electron chi connectivity index (χ2n) is 3.29. The highest BCUT2D eigenvalue weighted by Crippen LogP contribution is 2.11. The topological polar surface area (TPSA) is 12.9 Å². The molecule has 1 heteroatoms. The van der Waals surface area contributed by atoms with Crippen molar-refractivity contribution in [3.8, 4) is 0 Å². The fraction of sp³-hybridized carbons (Fsp3) is 0.154. The first-order chi connectivity index (χ1) is 6.70. The van der Waals surface area contributed by atoms with Gasteiger partial charge in [0, 0.05) is 12.4 Å². The molecule has 14 heavy (non-hydrogen) atoms. The first kappa shape index (κ1) is 10.5. The third-order valence-corrected chi connectivity index (χ3v) is 1.86. The quantitative estimate of drug-likeness (QED) is 0.655. The summed E-state index contributed by atoms with van der Waals surface area (Å²) in [5.74, 6) is 0. The van der Waals surface area contributed by atoms with E-state index in [1.165, 1.54) is 11.1 Å². The minimum absolute atomic E-state index is 1.06. The molecule has 1 nitrogen and oxygen atoms in total. The first-order valence-corrected chi connectivity index (χ1v) is 4.61. The summed E-state index contributed by atoms with van der Waals surface area (Å²) in [6.45, 7) is 7.86. The Morgan fingerprint density at radius 3 is 2.50 bits per heavy atom. The lowest BCUT2D eigenvalue weighted by Crippen LogP contribution is -1.78. The van der Waals surface area contributed by atoms with E-state index in [1.807, 2.05) is 31.2 Å². The van der Waals surface area contributed by atoms with Crippen LogP contribution in [0.3, 0.4) is 0 Å². The Morgan fingerprint density at radius 2 is 1.93 bits per heavy atom. The average Bonchev–Trinajstić information content (AvgIpc) is 2.18. The molecule has 0 aliphatic carbocycles. The van der Waals surface area contributed by atoms with E-state index in [1.54, 1.807) is 12.4 Å². The molecule has 1 heterocycles. The van der Waals surface area contributed by atoms with Gasteiger partial charge in [0.05, 0.1) is 0 Å². The van der Waals surface area contributed by atoms with Gasteiger partial charge >= 0.3 is 0 Å². The molecule has 0 atom stereocenters. The minimum Gasteiger partial charge on any atom is -0.265 e. The zero-order chi connectivity index (χ0) is 10.4. The monoisotopic (exact) mass is 185 g/mol. The summed E-state index contributed by atoms with van der Waals surface area (Å²) in [4.78, 5) is 3.98. The summed E-state index contributed by atoms with van der Waals surface area (Å²) in [6, 6.07) is 4.00. The van der Waals surface area contributed by atoms with Crippen molar-refractivity contribution < 1.29 is 0 Å². The number of nitrogens with zero attached hydrogens (tertiary/aromatic N) is 1. The number of pyridine rings is 1. The van der Waals surface area contributed by atoms with Gasteiger partial charge in [-0.25, -0.2) is 0 Å². The van der Waals surface area contributed by atoms with E-state index >= 15 is 0 Å². The maximum atomic E-state index is 3.98. The average molecular weight is 185 g/mol.